The van der Waals surface area contributed by atoms with Crippen molar-refractivity contribution in [2.45, 2.75) is 13.5 Å². The number of rotatable bonds is 3. The normalized spacial score (nSPS) is 9.43. The van der Waals surface area contributed by atoms with Gasteiger partial charge in [-0.15, -0.1) is 0 Å². The van der Waals surface area contributed by atoms with E-state index >= 15 is 0 Å². The van der Waals surface area contributed by atoms with Crippen LogP contribution in [-0.4, -0.2) is 32.6 Å². The Morgan fingerprint density at radius 2 is 2.57 bits per heavy atom. The van der Waals surface area contributed by atoms with Gasteiger partial charge in [0.1, 0.15) is 11.9 Å². The van der Waals surface area contributed by atoms with Crippen molar-refractivity contribution in [1.82, 2.24) is 14.9 Å². The van der Waals surface area contributed by atoms with Gasteiger partial charge in [-0.1, -0.05) is 0 Å². The first-order valence-electron chi connectivity index (χ1n) is 4.09. The average molecular weight is 194 g/mol. The third-order valence-electron chi connectivity index (χ3n) is 1.74. The maximum atomic E-state index is 10.6. The minimum atomic E-state index is -0.998. The first kappa shape index (κ1) is 10.1. The number of hydrogen-bond acceptors (Lipinski definition) is 3. The number of nitriles is 1. The van der Waals surface area contributed by atoms with Crippen LogP contribution in [0.2, 0.25) is 0 Å². The van der Waals surface area contributed by atoms with Gasteiger partial charge in [-0.05, 0) is 6.92 Å². The third-order valence-corrected chi connectivity index (χ3v) is 1.74. The lowest BCUT2D eigenvalue weighted by atomic mass is 10.5. The van der Waals surface area contributed by atoms with E-state index in [-0.39, 0.29) is 12.2 Å². The van der Waals surface area contributed by atoms with Crippen molar-refractivity contribution in [2.24, 2.45) is 0 Å². The zero-order valence-electron chi connectivity index (χ0n) is 7.69. The van der Waals surface area contributed by atoms with E-state index in [9.17, 15) is 4.79 Å². The number of aromatic amines is 1. The van der Waals surface area contributed by atoms with Gasteiger partial charge in [0.15, 0.2) is 5.69 Å². The van der Waals surface area contributed by atoms with Crippen LogP contribution in [0.25, 0.3) is 0 Å². The Labute approximate surface area is 80.8 Å². The molecule has 0 fully saturated rings. The molecule has 0 spiro atoms. The average Bonchev–Trinajstić information content (AvgIpc) is 2.61. The molecule has 1 rings (SSSR count). The van der Waals surface area contributed by atoms with Crippen LogP contribution in [0.3, 0.4) is 0 Å². The van der Waals surface area contributed by atoms with Crippen molar-refractivity contribution >= 4 is 6.09 Å². The molecule has 0 aliphatic carbocycles. The standard InChI is InChI=1S/C8H10N4O2/c1-2-12(8(13)14)5-7-10-4-6(3-9)11-7/h4H,2,5H2,1H3,(H,10,11)(H,13,14). The van der Waals surface area contributed by atoms with Crippen LogP contribution in [-0.2, 0) is 6.54 Å². The first-order chi connectivity index (χ1) is 6.67. The number of H-pyrrole nitrogens is 1. The van der Waals surface area contributed by atoms with E-state index in [2.05, 4.69) is 9.97 Å². The molecule has 0 aliphatic heterocycles. The lowest BCUT2D eigenvalue weighted by molar-refractivity contribution is 0.144. The van der Waals surface area contributed by atoms with E-state index in [0.717, 1.165) is 0 Å². The van der Waals surface area contributed by atoms with Crippen LogP contribution < -0.4 is 0 Å². The first-order valence-corrected chi connectivity index (χ1v) is 4.09. The lowest BCUT2D eigenvalue weighted by Crippen LogP contribution is -2.28. The zero-order valence-corrected chi connectivity index (χ0v) is 7.69. The largest absolute Gasteiger partial charge is 0.465 e. The minimum absolute atomic E-state index is 0.174. The van der Waals surface area contributed by atoms with Crippen molar-refractivity contribution in [3.05, 3.63) is 17.7 Å². The Kier molecular flexibility index (Phi) is 3.07. The van der Waals surface area contributed by atoms with Crippen LogP contribution in [0.1, 0.15) is 18.4 Å². The Bertz CT molecular complexity index is 366. The van der Waals surface area contributed by atoms with E-state index in [0.29, 0.717) is 12.4 Å². The number of imidazole rings is 1. The Morgan fingerprint density at radius 3 is 3.00 bits per heavy atom. The maximum Gasteiger partial charge on any atom is 0.407 e. The summed E-state index contributed by atoms with van der Waals surface area (Å²) >= 11 is 0. The quantitative estimate of drug-likeness (QED) is 0.743. The number of carbonyl (C=O) groups is 1. The summed E-state index contributed by atoms with van der Waals surface area (Å²) in [6.07, 6.45) is 0.452. The molecule has 0 saturated heterocycles. The molecule has 6 nitrogen and oxygen atoms in total. The lowest BCUT2D eigenvalue weighted by Gasteiger charge is -2.14. The summed E-state index contributed by atoms with van der Waals surface area (Å²) in [6.45, 7) is 2.30. The fourth-order valence-corrected chi connectivity index (χ4v) is 0.995. The molecule has 1 heterocycles. The van der Waals surface area contributed by atoms with Gasteiger partial charge in [0.25, 0.3) is 0 Å². The highest BCUT2D eigenvalue weighted by Crippen LogP contribution is 2.01. The van der Waals surface area contributed by atoms with Gasteiger partial charge in [0.2, 0.25) is 0 Å². The second-order valence-electron chi connectivity index (χ2n) is 2.64. The topological polar surface area (TPSA) is 93.0 Å². The van der Waals surface area contributed by atoms with Crippen LogP contribution in [0.5, 0.6) is 0 Å². The Balaban J connectivity index is 2.68. The van der Waals surface area contributed by atoms with Crippen molar-refractivity contribution in [3.8, 4) is 6.07 Å². The highest BCUT2D eigenvalue weighted by molar-refractivity contribution is 5.64. The molecule has 1 aromatic rings. The van der Waals surface area contributed by atoms with Crippen LogP contribution >= 0.6 is 0 Å². The highest BCUT2D eigenvalue weighted by Gasteiger charge is 2.11. The Hall–Kier alpha value is -2.03. The molecule has 0 radical (unpaired) electrons. The molecule has 0 aliphatic rings. The highest BCUT2D eigenvalue weighted by atomic mass is 16.4. The van der Waals surface area contributed by atoms with Gasteiger partial charge >= 0.3 is 6.09 Å². The molecule has 0 atom stereocenters. The smallest absolute Gasteiger partial charge is 0.407 e. The number of carboxylic acid groups (broad SMARTS) is 1. The van der Waals surface area contributed by atoms with Gasteiger partial charge in [0, 0.05) is 12.7 Å². The van der Waals surface area contributed by atoms with Crippen molar-refractivity contribution in [2.75, 3.05) is 6.54 Å². The van der Waals surface area contributed by atoms with E-state index in [1.54, 1.807) is 6.92 Å². The van der Waals surface area contributed by atoms with Crippen LogP contribution in [0, 0.1) is 11.3 Å². The molecular weight excluding hydrogens is 184 g/mol. The van der Waals surface area contributed by atoms with Gasteiger partial charge in [-0.25, -0.2) is 9.78 Å². The molecule has 0 unspecified atom stereocenters. The van der Waals surface area contributed by atoms with Gasteiger partial charge in [-0.3, -0.25) is 0 Å². The SMILES string of the molecule is CCN(Cc1nc(C#N)c[nH]1)C(=O)O. The van der Waals surface area contributed by atoms with Crippen LogP contribution in [0.15, 0.2) is 6.20 Å². The number of amides is 1. The molecule has 0 aromatic carbocycles. The van der Waals surface area contributed by atoms with Crippen molar-refractivity contribution in [1.29, 1.82) is 5.26 Å². The van der Waals surface area contributed by atoms with Gasteiger partial charge in [-0.2, -0.15) is 5.26 Å². The zero-order chi connectivity index (χ0) is 10.6. The molecule has 14 heavy (non-hydrogen) atoms. The fourth-order valence-electron chi connectivity index (χ4n) is 0.995. The maximum absolute atomic E-state index is 10.6. The molecule has 2 N–H and O–H groups in total. The van der Waals surface area contributed by atoms with Gasteiger partial charge < -0.3 is 15.0 Å². The number of aromatic nitrogens is 2. The Morgan fingerprint density at radius 1 is 1.86 bits per heavy atom. The number of nitrogens with zero attached hydrogens (tertiary/aromatic N) is 3. The van der Waals surface area contributed by atoms with Gasteiger partial charge in [0.05, 0.1) is 6.54 Å². The summed E-state index contributed by atoms with van der Waals surface area (Å²) in [5.74, 6) is 0.478. The van der Waals surface area contributed by atoms with E-state index in [4.69, 9.17) is 10.4 Å². The number of nitrogens with one attached hydrogen (secondary N) is 1. The van der Waals surface area contributed by atoms with E-state index in [1.165, 1.54) is 11.1 Å². The van der Waals surface area contributed by atoms with Crippen LogP contribution in [0.4, 0.5) is 4.79 Å². The van der Waals surface area contributed by atoms with E-state index in [1.807, 2.05) is 6.07 Å². The second kappa shape index (κ2) is 4.28. The molecule has 1 aromatic heterocycles. The fraction of sp³-hybridized carbons (Fsp3) is 0.375. The third kappa shape index (κ3) is 2.23. The summed E-state index contributed by atoms with van der Waals surface area (Å²) in [5, 5.41) is 17.2. The predicted octanol–water partition coefficient (Wildman–Crippen LogP) is 0.781. The monoisotopic (exact) mass is 194 g/mol. The number of hydrogen-bond donors (Lipinski definition) is 2. The summed E-state index contributed by atoms with van der Waals surface area (Å²) in [7, 11) is 0. The molecule has 74 valence electrons. The molecule has 1 amide bonds. The predicted molar refractivity (Wildman–Crippen MR) is 47.4 cm³/mol. The minimum Gasteiger partial charge on any atom is -0.465 e. The van der Waals surface area contributed by atoms with Crippen molar-refractivity contribution in [3.63, 3.8) is 0 Å². The van der Waals surface area contributed by atoms with E-state index < -0.39 is 6.09 Å². The second-order valence-corrected chi connectivity index (χ2v) is 2.64. The summed E-state index contributed by atoms with van der Waals surface area (Å²) in [6, 6.07) is 1.86. The summed E-state index contributed by atoms with van der Waals surface area (Å²) < 4.78 is 0. The molecule has 0 saturated carbocycles. The van der Waals surface area contributed by atoms with Crippen molar-refractivity contribution < 1.29 is 9.90 Å². The molecule has 6 heteroatoms. The summed E-state index contributed by atoms with van der Waals surface area (Å²) in [5.41, 5.74) is 0.265. The molecular formula is C8H10N4O2. The summed E-state index contributed by atoms with van der Waals surface area (Å²) in [4.78, 5) is 18.4. The molecule has 0 bridgehead atoms.